The topological polar surface area (TPSA) is 101 Å². The molecule has 0 aliphatic carbocycles. The number of nitrogens with one attached hydrogen (secondary N) is 1. The minimum Gasteiger partial charge on any atom is -0.383 e. The summed E-state index contributed by atoms with van der Waals surface area (Å²) < 4.78 is 2.08. The van der Waals surface area contributed by atoms with E-state index in [9.17, 15) is 14.4 Å². The van der Waals surface area contributed by atoms with E-state index in [4.69, 9.17) is 5.73 Å². The summed E-state index contributed by atoms with van der Waals surface area (Å²) in [4.78, 5) is 42.7. The summed E-state index contributed by atoms with van der Waals surface area (Å²) in [5.74, 6) is -0.484. The Balaban J connectivity index is 1.84. The largest absolute Gasteiger partial charge is 0.383 e. The molecule has 1 amide bonds. The van der Waals surface area contributed by atoms with Crippen LogP contribution < -0.4 is 21.9 Å². The van der Waals surface area contributed by atoms with Gasteiger partial charge in [0.1, 0.15) is 5.82 Å². The van der Waals surface area contributed by atoms with Gasteiger partial charge in [0.15, 0.2) is 5.69 Å². The molecule has 4 aromatic rings. The van der Waals surface area contributed by atoms with Crippen molar-refractivity contribution in [3.8, 4) is 0 Å². The zero-order valence-corrected chi connectivity index (χ0v) is 19.2. The molecule has 3 N–H and O–H groups in total. The molecule has 8 heteroatoms. The first kappa shape index (κ1) is 22.3. The molecule has 0 atom stereocenters. The Labute approximate surface area is 198 Å². The minimum atomic E-state index is -0.719. The zero-order valence-electron chi connectivity index (χ0n) is 17.6. The number of nitrogens with zero attached hydrogens (tertiary/aromatic N) is 2. The van der Waals surface area contributed by atoms with Crippen molar-refractivity contribution in [3.05, 3.63) is 127 Å². The predicted octanol–water partition coefficient (Wildman–Crippen LogP) is 3.78. The molecular weight excluding hydrogens is 484 g/mol. The number of amides is 1. The maximum atomic E-state index is 13.5. The van der Waals surface area contributed by atoms with Crippen molar-refractivity contribution >= 4 is 33.3 Å². The highest BCUT2D eigenvalue weighted by molar-refractivity contribution is 9.10. The smallest absolute Gasteiger partial charge is 0.330 e. The van der Waals surface area contributed by atoms with Crippen LogP contribution in [0.25, 0.3) is 0 Å². The van der Waals surface area contributed by atoms with Crippen LogP contribution >= 0.6 is 15.9 Å². The number of H-pyrrole nitrogens is 1. The Morgan fingerprint density at radius 2 is 1.45 bits per heavy atom. The Hall–Kier alpha value is -3.91. The van der Waals surface area contributed by atoms with Gasteiger partial charge in [-0.3, -0.25) is 24.0 Å². The second kappa shape index (κ2) is 9.70. The van der Waals surface area contributed by atoms with Crippen LogP contribution in [-0.4, -0.2) is 15.5 Å². The van der Waals surface area contributed by atoms with Gasteiger partial charge < -0.3 is 5.73 Å². The van der Waals surface area contributed by atoms with Crippen molar-refractivity contribution in [2.75, 3.05) is 10.6 Å². The fourth-order valence-corrected chi connectivity index (χ4v) is 3.79. The second-order valence-electron chi connectivity index (χ2n) is 7.45. The van der Waals surface area contributed by atoms with E-state index in [1.165, 1.54) is 9.47 Å². The third-order valence-electron chi connectivity index (χ3n) is 5.19. The van der Waals surface area contributed by atoms with Crippen molar-refractivity contribution in [2.45, 2.75) is 13.1 Å². The first-order chi connectivity index (χ1) is 15.9. The molecule has 7 nitrogen and oxygen atoms in total. The highest BCUT2D eigenvalue weighted by Gasteiger charge is 2.25. The molecule has 0 saturated heterocycles. The molecule has 4 rings (SSSR count). The van der Waals surface area contributed by atoms with Gasteiger partial charge in [-0.05, 0) is 35.4 Å². The van der Waals surface area contributed by atoms with Gasteiger partial charge in [-0.15, -0.1) is 0 Å². The van der Waals surface area contributed by atoms with Gasteiger partial charge in [0, 0.05) is 10.0 Å². The van der Waals surface area contributed by atoms with Gasteiger partial charge in [0.05, 0.1) is 13.1 Å². The van der Waals surface area contributed by atoms with Crippen molar-refractivity contribution < 1.29 is 4.79 Å². The minimum absolute atomic E-state index is 0.0673. The molecular formula is C25H21BrN4O3. The average molecular weight is 505 g/mol. The van der Waals surface area contributed by atoms with E-state index in [0.717, 1.165) is 15.6 Å². The Bertz CT molecular complexity index is 1380. The standard InChI is InChI=1S/C25H21BrN4O3/c26-20-13-11-19(12-14-20)24(32)29(15-17-7-3-1-4-8-17)21-22(27)30(25(33)28-23(21)31)16-18-9-5-2-6-10-18/h1-14H,15-16,27H2,(H,28,31,33). The number of aromatic amines is 1. The molecule has 33 heavy (non-hydrogen) atoms. The number of hydrogen-bond acceptors (Lipinski definition) is 4. The molecule has 0 unspecified atom stereocenters. The fraction of sp³-hybridized carbons (Fsp3) is 0.0800. The summed E-state index contributed by atoms with van der Waals surface area (Å²) in [6, 6.07) is 25.4. The average Bonchev–Trinajstić information content (AvgIpc) is 2.82. The number of nitrogen functional groups attached to an aromatic ring is 1. The highest BCUT2D eigenvalue weighted by Crippen LogP contribution is 2.23. The molecule has 0 bridgehead atoms. The number of rotatable bonds is 6. The molecule has 0 spiro atoms. The van der Waals surface area contributed by atoms with Crippen molar-refractivity contribution in [2.24, 2.45) is 0 Å². The molecule has 1 aromatic heterocycles. The first-order valence-electron chi connectivity index (χ1n) is 10.2. The fourth-order valence-electron chi connectivity index (χ4n) is 3.53. The van der Waals surface area contributed by atoms with Crippen LogP contribution in [0.3, 0.4) is 0 Å². The lowest BCUT2D eigenvalue weighted by atomic mass is 10.1. The number of benzene rings is 3. The summed E-state index contributed by atoms with van der Waals surface area (Å²) in [5, 5.41) is 0. The SMILES string of the molecule is Nc1c(N(Cc2ccccc2)C(=O)c2ccc(Br)cc2)c(=O)[nH]c(=O)n1Cc1ccccc1. The maximum absolute atomic E-state index is 13.5. The molecule has 166 valence electrons. The first-order valence-corrected chi connectivity index (χ1v) is 11.0. The Morgan fingerprint density at radius 1 is 0.879 bits per heavy atom. The summed E-state index contributed by atoms with van der Waals surface area (Å²) >= 11 is 3.36. The van der Waals surface area contributed by atoms with E-state index in [2.05, 4.69) is 20.9 Å². The summed E-state index contributed by atoms with van der Waals surface area (Å²) in [6.45, 7) is 0.257. The molecule has 0 radical (unpaired) electrons. The normalized spacial score (nSPS) is 10.7. The van der Waals surface area contributed by atoms with Crippen LogP contribution in [0.2, 0.25) is 0 Å². The number of halogens is 1. The number of hydrogen-bond donors (Lipinski definition) is 2. The van der Waals surface area contributed by atoms with Gasteiger partial charge in [0.2, 0.25) is 0 Å². The van der Waals surface area contributed by atoms with Gasteiger partial charge in [-0.25, -0.2) is 4.79 Å². The van der Waals surface area contributed by atoms with E-state index in [1.807, 2.05) is 60.7 Å². The summed E-state index contributed by atoms with van der Waals surface area (Å²) in [7, 11) is 0. The van der Waals surface area contributed by atoms with E-state index in [0.29, 0.717) is 5.56 Å². The van der Waals surface area contributed by atoms with Crippen LogP contribution in [0.5, 0.6) is 0 Å². The number of carbonyl (C=O) groups excluding carboxylic acids is 1. The lowest BCUT2D eigenvalue weighted by Gasteiger charge is -2.25. The second-order valence-corrected chi connectivity index (χ2v) is 8.36. The third-order valence-corrected chi connectivity index (χ3v) is 5.72. The Kier molecular flexibility index (Phi) is 6.55. The number of nitrogens with two attached hydrogens (primary N) is 1. The van der Waals surface area contributed by atoms with Gasteiger partial charge >= 0.3 is 5.69 Å². The third kappa shape index (κ3) is 4.96. The maximum Gasteiger partial charge on any atom is 0.330 e. The van der Waals surface area contributed by atoms with Crippen LogP contribution in [0.4, 0.5) is 11.5 Å². The van der Waals surface area contributed by atoms with E-state index < -0.39 is 17.2 Å². The van der Waals surface area contributed by atoms with Crippen LogP contribution in [-0.2, 0) is 13.1 Å². The van der Waals surface area contributed by atoms with Gasteiger partial charge in [-0.1, -0.05) is 76.6 Å². The number of carbonyl (C=O) groups is 1. The Morgan fingerprint density at radius 3 is 2.06 bits per heavy atom. The van der Waals surface area contributed by atoms with Gasteiger partial charge in [-0.2, -0.15) is 0 Å². The molecule has 0 saturated carbocycles. The van der Waals surface area contributed by atoms with Crippen molar-refractivity contribution in [1.82, 2.24) is 9.55 Å². The van der Waals surface area contributed by atoms with E-state index in [-0.39, 0.29) is 24.6 Å². The monoisotopic (exact) mass is 504 g/mol. The van der Waals surface area contributed by atoms with Crippen molar-refractivity contribution in [1.29, 1.82) is 0 Å². The molecule has 1 heterocycles. The molecule has 0 aliphatic rings. The highest BCUT2D eigenvalue weighted by atomic mass is 79.9. The zero-order chi connectivity index (χ0) is 23.4. The summed E-state index contributed by atoms with van der Waals surface area (Å²) in [6.07, 6.45) is 0. The van der Waals surface area contributed by atoms with E-state index >= 15 is 0 Å². The molecule has 0 aliphatic heterocycles. The van der Waals surface area contributed by atoms with Crippen LogP contribution in [0.15, 0.2) is 99.0 Å². The number of aromatic nitrogens is 2. The predicted molar refractivity (Wildman–Crippen MR) is 132 cm³/mol. The van der Waals surface area contributed by atoms with E-state index in [1.54, 1.807) is 24.3 Å². The molecule has 0 fully saturated rings. The quantitative estimate of drug-likeness (QED) is 0.417. The summed E-state index contributed by atoms with van der Waals surface area (Å²) in [5.41, 5.74) is 6.97. The number of anilines is 2. The lowest BCUT2D eigenvalue weighted by molar-refractivity contribution is 0.0984. The van der Waals surface area contributed by atoms with Crippen LogP contribution in [0.1, 0.15) is 21.5 Å². The molecule has 3 aromatic carbocycles. The van der Waals surface area contributed by atoms with Gasteiger partial charge in [0.25, 0.3) is 11.5 Å². The van der Waals surface area contributed by atoms with Crippen molar-refractivity contribution in [3.63, 3.8) is 0 Å². The lowest BCUT2D eigenvalue weighted by Crippen LogP contribution is -2.41. The van der Waals surface area contributed by atoms with Crippen LogP contribution in [0, 0.1) is 0 Å².